The molecule has 1 heterocycles. The van der Waals surface area contributed by atoms with Crippen molar-refractivity contribution in [3.63, 3.8) is 0 Å². The van der Waals surface area contributed by atoms with Gasteiger partial charge in [0.2, 0.25) is 0 Å². The summed E-state index contributed by atoms with van der Waals surface area (Å²) >= 11 is 1.85. The molecule has 1 aliphatic rings. The molecule has 0 aliphatic carbocycles. The van der Waals surface area contributed by atoms with E-state index in [2.05, 4.69) is 16.8 Å². The molecule has 1 rings (SSSR count). The van der Waals surface area contributed by atoms with Crippen molar-refractivity contribution in [3.05, 3.63) is 0 Å². The number of nitrogens with zero attached hydrogens (tertiary/aromatic N) is 2. The molecule has 52 valence electrons. The van der Waals surface area contributed by atoms with Crippen molar-refractivity contribution in [3.8, 4) is 0 Å². The van der Waals surface area contributed by atoms with Crippen molar-refractivity contribution in [1.29, 1.82) is 0 Å². The molecular weight excluding hydrogens is 132 g/mol. The summed E-state index contributed by atoms with van der Waals surface area (Å²) in [6, 6.07) is 0. The first kappa shape index (κ1) is 6.93. The topological polar surface area (TPSA) is 15.6 Å². The quantitative estimate of drug-likeness (QED) is 0.505. The fourth-order valence-corrected chi connectivity index (χ4v) is 1.58. The normalized spacial score (nSPS) is 26.1. The Balaban J connectivity index is 2.45. The molecule has 2 nitrogen and oxygen atoms in total. The van der Waals surface area contributed by atoms with Gasteiger partial charge in [0.25, 0.3) is 0 Å². The lowest BCUT2D eigenvalue weighted by Crippen LogP contribution is -2.16. The second-order valence-electron chi connectivity index (χ2n) is 2.45. The van der Waals surface area contributed by atoms with Crippen molar-refractivity contribution in [1.82, 2.24) is 4.90 Å². The van der Waals surface area contributed by atoms with E-state index in [1.165, 1.54) is 5.17 Å². The average molecular weight is 144 g/mol. The van der Waals surface area contributed by atoms with E-state index < -0.39 is 0 Å². The highest BCUT2D eigenvalue weighted by Crippen LogP contribution is 2.20. The summed E-state index contributed by atoms with van der Waals surface area (Å²) in [6.45, 7) is 3.18. The number of hydrogen-bond donors (Lipinski definition) is 0. The van der Waals surface area contributed by atoms with Gasteiger partial charge < -0.3 is 4.90 Å². The van der Waals surface area contributed by atoms with Gasteiger partial charge in [0.15, 0.2) is 5.17 Å². The second kappa shape index (κ2) is 2.60. The van der Waals surface area contributed by atoms with E-state index in [1.807, 2.05) is 25.9 Å². The van der Waals surface area contributed by atoms with E-state index >= 15 is 0 Å². The van der Waals surface area contributed by atoms with Gasteiger partial charge in [0, 0.05) is 19.3 Å². The molecule has 9 heavy (non-hydrogen) atoms. The van der Waals surface area contributed by atoms with Crippen LogP contribution >= 0.6 is 11.8 Å². The highest BCUT2D eigenvalue weighted by Gasteiger charge is 2.15. The largest absolute Gasteiger partial charge is 0.358 e. The van der Waals surface area contributed by atoms with Crippen molar-refractivity contribution >= 4 is 16.9 Å². The van der Waals surface area contributed by atoms with E-state index in [0.717, 1.165) is 6.54 Å². The van der Waals surface area contributed by atoms with Crippen LogP contribution in [0.5, 0.6) is 0 Å². The SMILES string of the molecule is CC1CN=C(N(C)C)S1. The van der Waals surface area contributed by atoms with Gasteiger partial charge in [-0.25, -0.2) is 0 Å². The van der Waals surface area contributed by atoms with Gasteiger partial charge in [0.05, 0.1) is 6.54 Å². The summed E-state index contributed by atoms with van der Waals surface area (Å²) in [5.41, 5.74) is 0. The van der Waals surface area contributed by atoms with Crippen LogP contribution in [0.4, 0.5) is 0 Å². The minimum Gasteiger partial charge on any atom is -0.358 e. The first-order valence-corrected chi connectivity index (χ1v) is 3.96. The minimum atomic E-state index is 0.683. The first-order valence-electron chi connectivity index (χ1n) is 3.08. The van der Waals surface area contributed by atoms with Gasteiger partial charge in [-0.3, -0.25) is 4.99 Å². The zero-order valence-corrected chi connectivity index (χ0v) is 6.90. The summed E-state index contributed by atoms with van der Waals surface area (Å²) in [5.74, 6) is 0. The monoisotopic (exact) mass is 144 g/mol. The van der Waals surface area contributed by atoms with Crippen LogP contribution in [-0.2, 0) is 0 Å². The van der Waals surface area contributed by atoms with Gasteiger partial charge in [-0.1, -0.05) is 18.7 Å². The van der Waals surface area contributed by atoms with Crippen molar-refractivity contribution in [2.75, 3.05) is 20.6 Å². The van der Waals surface area contributed by atoms with Crippen molar-refractivity contribution < 1.29 is 0 Å². The number of hydrogen-bond acceptors (Lipinski definition) is 3. The van der Waals surface area contributed by atoms with Gasteiger partial charge in [-0.15, -0.1) is 0 Å². The Morgan fingerprint density at radius 3 is 2.56 bits per heavy atom. The molecule has 0 radical (unpaired) electrons. The predicted octanol–water partition coefficient (Wildman–Crippen LogP) is 1.04. The second-order valence-corrected chi connectivity index (χ2v) is 3.85. The van der Waals surface area contributed by atoms with Gasteiger partial charge in [-0.05, 0) is 0 Å². The standard InChI is InChI=1S/C6H12N2S/c1-5-4-7-6(9-5)8(2)3/h5H,4H2,1-3H3. The number of amidine groups is 1. The molecule has 0 aromatic rings. The Labute approximate surface area is 60.3 Å². The summed E-state index contributed by atoms with van der Waals surface area (Å²) in [4.78, 5) is 6.39. The Morgan fingerprint density at radius 1 is 1.67 bits per heavy atom. The molecule has 0 aromatic heterocycles. The van der Waals surface area contributed by atoms with Crippen LogP contribution in [-0.4, -0.2) is 36.0 Å². The molecule has 0 spiro atoms. The molecule has 1 aliphatic heterocycles. The van der Waals surface area contributed by atoms with Crippen LogP contribution in [0.25, 0.3) is 0 Å². The molecule has 0 bridgehead atoms. The summed E-state index contributed by atoms with van der Waals surface area (Å²) in [6.07, 6.45) is 0. The van der Waals surface area contributed by atoms with Crippen LogP contribution in [0, 0.1) is 0 Å². The van der Waals surface area contributed by atoms with Crippen LogP contribution in [0.15, 0.2) is 4.99 Å². The highest BCUT2D eigenvalue weighted by atomic mass is 32.2. The van der Waals surface area contributed by atoms with Gasteiger partial charge in [-0.2, -0.15) is 0 Å². The smallest absolute Gasteiger partial charge is 0.159 e. The van der Waals surface area contributed by atoms with Crippen LogP contribution < -0.4 is 0 Å². The van der Waals surface area contributed by atoms with Gasteiger partial charge >= 0.3 is 0 Å². The molecule has 0 amide bonds. The predicted molar refractivity (Wildman–Crippen MR) is 43.0 cm³/mol. The highest BCUT2D eigenvalue weighted by molar-refractivity contribution is 8.14. The third-order valence-electron chi connectivity index (χ3n) is 1.17. The maximum Gasteiger partial charge on any atom is 0.159 e. The molecule has 1 unspecified atom stereocenters. The number of thioether (sulfide) groups is 1. The lowest BCUT2D eigenvalue weighted by Gasteiger charge is -2.10. The zero-order chi connectivity index (χ0) is 6.85. The average Bonchev–Trinajstić information content (AvgIpc) is 2.14. The Bertz CT molecular complexity index is 131. The summed E-state index contributed by atoms with van der Waals surface area (Å²) in [7, 11) is 4.06. The third-order valence-corrected chi connectivity index (χ3v) is 2.43. The van der Waals surface area contributed by atoms with Crippen molar-refractivity contribution in [2.45, 2.75) is 12.2 Å². The summed E-state index contributed by atoms with van der Waals surface area (Å²) < 4.78 is 0. The van der Waals surface area contributed by atoms with Crippen LogP contribution in [0.1, 0.15) is 6.92 Å². The van der Waals surface area contributed by atoms with E-state index in [1.54, 1.807) is 0 Å². The molecule has 0 N–H and O–H groups in total. The lowest BCUT2D eigenvalue weighted by atomic mass is 10.5. The minimum absolute atomic E-state index is 0.683. The fourth-order valence-electron chi connectivity index (χ4n) is 0.708. The van der Waals surface area contributed by atoms with E-state index in [9.17, 15) is 0 Å². The van der Waals surface area contributed by atoms with Crippen LogP contribution in [0.3, 0.4) is 0 Å². The first-order chi connectivity index (χ1) is 4.20. The van der Waals surface area contributed by atoms with E-state index in [0.29, 0.717) is 5.25 Å². The van der Waals surface area contributed by atoms with E-state index in [-0.39, 0.29) is 0 Å². The molecule has 1 atom stereocenters. The molecule has 0 saturated carbocycles. The fraction of sp³-hybridized carbons (Fsp3) is 0.833. The maximum absolute atomic E-state index is 4.32. The zero-order valence-electron chi connectivity index (χ0n) is 6.09. The molecular formula is C6H12N2S. The van der Waals surface area contributed by atoms with Crippen LogP contribution in [0.2, 0.25) is 0 Å². The molecule has 0 fully saturated rings. The lowest BCUT2D eigenvalue weighted by molar-refractivity contribution is 0.635. The Kier molecular flexibility index (Phi) is 2.01. The Morgan fingerprint density at radius 2 is 2.33 bits per heavy atom. The summed E-state index contributed by atoms with van der Waals surface area (Å²) in [5, 5.41) is 1.85. The van der Waals surface area contributed by atoms with Gasteiger partial charge in [0.1, 0.15) is 0 Å². The number of aliphatic imine (C=N–C) groups is 1. The third kappa shape index (κ3) is 1.61. The molecule has 3 heteroatoms. The molecule has 0 aromatic carbocycles. The Hall–Kier alpha value is -0.180. The van der Waals surface area contributed by atoms with Crippen molar-refractivity contribution in [2.24, 2.45) is 4.99 Å². The molecule has 0 saturated heterocycles. The maximum atomic E-state index is 4.32. The number of rotatable bonds is 0. The van der Waals surface area contributed by atoms with E-state index in [4.69, 9.17) is 0 Å².